The largest absolute Gasteiger partial charge is 0.428 e. The Bertz CT molecular complexity index is 674. The SMILES string of the molecule is Cc1cn(C2O[C@H](CO)C[C@H]2O)c(=O)n(N=[N+]=[N-])c1=O. The number of hydrogen-bond donors (Lipinski definition) is 2. The Morgan fingerprint density at radius 1 is 1.60 bits per heavy atom. The first-order valence-electron chi connectivity index (χ1n) is 5.84. The number of rotatable bonds is 3. The van der Waals surface area contributed by atoms with Gasteiger partial charge in [0.05, 0.1) is 18.3 Å². The third-order valence-electron chi connectivity index (χ3n) is 3.04. The lowest BCUT2D eigenvalue weighted by Crippen LogP contribution is -2.41. The lowest BCUT2D eigenvalue weighted by Gasteiger charge is -2.17. The zero-order valence-electron chi connectivity index (χ0n) is 10.6. The fourth-order valence-electron chi connectivity index (χ4n) is 2.08. The van der Waals surface area contributed by atoms with Gasteiger partial charge >= 0.3 is 11.2 Å². The molecule has 0 aromatic carbocycles. The van der Waals surface area contributed by atoms with E-state index in [0.29, 0.717) is 4.68 Å². The molecule has 20 heavy (non-hydrogen) atoms. The van der Waals surface area contributed by atoms with Crippen LogP contribution in [0.1, 0.15) is 18.2 Å². The van der Waals surface area contributed by atoms with Gasteiger partial charge in [-0.2, -0.15) is 4.91 Å². The fourth-order valence-corrected chi connectivity index (χ4v) is 2.08. The summed E-state index contributed by atoms with van der Waals surface area (Å²) in [6.07, 6.45) is -1.27. The second kappa shape index (κ2) is 5.47. The van der Waals surface area contributed by atoms with Gasteiger partial charge in [0.1, 0.15) is 6.10 Å². The zero-order chi connectivity index (χ0) is 14.9. The molecule has 10 heteroatoms. The van der Waals surface area contributed by atoms with Gasteiger partial charge in [0, 0.05) is 12.6 Å². The molecule has 1 aromatic heterocycles. The summed E-state index contributed by atoms with van der Waals surface area (Å²) in [6, 6.07) is 0. The number of aryl methyl sites for hydroxylation is 1. The number of aromatic nitrogens is 2. The standard InChI is InChI=1S/C10H13N5O5/c1-5-3-14(9-7(17)2-6(4-16)20-9)10(19)15(8(5)18)13-12-11/h3,6-7,9,16-17H,2,4H2,1H3/t6-,7+,9?/m0/s1. The van der Waals surface area contributed by atoms with Gasteiger partial charge in [-0.25, -0.2) is 9.59 Å². The van der Waals surface area contributed by atoms with Crippen LogP contribution in [0.4, 0.5) is 0 Å². The van der Waals surface area contributed by atoms with E-state index >= 15 is 0 Å². The second-order valence-corrected chi connectivity index (χ2v) is 4.43. The molecule has 1 fully saturated rings. The fraction of sp³-hybridized carbons (Fsp3) is 0.600. The van der Waals surface area contributed by atoms with E-state index in [0.717, 1.165) is 4.57 Å². The third kappa shape index (κ3) is 2.32. The highest BCUT2D eigenvalue weighted by Crippen LogP contribution is 2.27. The number of aliphatic hydroxyl groups is 2. The van der Waals surface area contributed by atoms with Crippen LogP contribution in [0, 0.1) is 6.92 Å². The molecule has 1 aliphatic rings. The van der Waals surface area contributed by atoms with Gasteiger partial charge in [0.2, 0.25) is 0 Å². The van der Waals surface area contributed by atoms with Crippen LogP contribution in [0.5, 0.6) is 0 Å². The highest BCUT2D eigenvalue weighted by atomic mass is 16.5. The molecular weight excluding hydrogens is 270 g/mol. The van der Waals surface area contributed by atoms with Crippen LogP contribution in [0.15, 0.2) is 21.0 Å². The average Bonchev–Trinajstić information content (AvgIpc) is 2.80. The number of aliphatic hydroxyl groups excluding tert-OH is 2. The van der Waals surface area contributed by atoms with Crippen molar-refractivity contribution in [2.24, 2.45) is 5.22 Å². The molecule has 1 aromatic rings. The number of ether oxygens (including phenoxy) is 1. The molecule has 2 heterocycles. The predicted octanol–water partition coefficient (Wildman–Crippen LogP) is -0.967. The quantitative estimate of drug-likeness (QED) is 0.417. The first-order valence-corrected chi connectivity index (χ1v) is 5.84. The molecule has 108 valence electrons. The van der Waals surface area contributed by atoms with Crippen molar-refractivity contribution in [1.29, 1.82) is 0 Å². The molecule has 2 N–H and O–H groups in total. The van der Waals surface area contributed by atoms with Crippen molar-refractivity contribution in [2.45, 2.75) is 31.8 Å². The molecule has 0 radical (unpaired) electrons. The maximum atomic E-state index is 12.1. The van der Waals surface area contributed by atoms with Crippen LogP contribution >= 0.6 is 0 Å². The van der Waals surface area contributed by atoms with Gasteiger partial charge in [0.25, 0.3) is 0 Å². The van der Waals surface area contributed by atoms with E-state index in [1.165, 1.54) is 13.1 Å². The van der Waals surface area contributed by atoms with Crippen molar-refractivity contribution >= 4 is 0 Å². The van der Waals surface area contributed by atoms with Crippen LogP contribution in [0.2, 0.25) is 0 Å². The van der Waals surface area contributed by atoms with E-state index in [9.17, 15) is 14.7 Å². The molecule has 0 aliphatic carbocycles. The van der Waals surface area contributed by atoms with Crippen molar-refractivity contribution < 1.29 is 14.9 Å². The van der Waals surface area contributed by atoms with E-state index in [1.807, 2.05) is 0 Å². The monoisotopic (exact) mass is 283 g/mol. The summed E-state index contributed by atoms with van der Waals surface area (Å²) in [6.45, 7) is 1.14. The van der Waals surface area contributed by atoms with Gasteiger partial charge in [-0.15, -0.1) is 5.53 Å². The van der Waals surface area contributed by atoms with E-state index in [-0.39, 0.29) is 18.6 Å². The van der Waals surface area contributed by atoms with Gasteiger partial charge in [-0.1, -0.05) is 4.68 Å². The van der Waals surface area contributed by atoms with Gasteiger partial charge in [-0.3, -0.25) is 4.57 Å². The first kappa shape index (κ1) is 14.3. The normalized spacial score (nSPS) is 25.4. The van der Waals surface area contributed by atoms with E-state index in [1.54, 1.807) is 0 Å². The topological polar surface area (TPSA) is 142 Å². The van der Waals surface area contributed by atoms with E-state index in [2.05, 4.69) is 10.1 Å². The maximum Gasteiger partial charge on any atom is 0.428 e. The van der Waals surface area contributed by atoms with Gasteiger partial charge in [0.15, 0.2) is 6.23 Å². The first-order chi connectivity index (χ1) is 9.49. The molecule has 0 amide bonds. The maximum absolute atomic E-state index is 12.1. The molecule has 0 saturated carbocycles. The predicted molar refractivity (Wildman–Crippen MR) is 65.9 cm³/mol. The minimum Gasteiger partial charge on any atom is -0.394 e. The van der Waals surface area contributed by atoms with Crippen molar-refractivity contribution in [3.63, 3.8) is 0 Å². The Morgan fingerprint density at radius 3 is 2.85 bits per heavy atom. The lowest BCUT2D eigenvalue weighted by molar-refractivity contribution is -0.0537. The van der Waals surface area contributed by atoms with Gasteiger partial charge < -0.3 is 14.9 Å². The number of hydrogen-bond acceptors (Lipinski definition) is 6. The highest BCUT2D eigenvalue weighted by molar-refractivity contribution is 5.04. The van der Waals surface area contributed by atoms with Crippen LogP contribution < -0.4 is 11.2 Å². The summed E-state index contributed by atoms with van der Waals surface area (Å²) in [5.74, 6) is 0. The minimum absolute atomic E-state index is 0.153. The van der Waals surface area contributed by atoms with Crippen molar-refractivity contribution in [3.8, 4) is 0 Å². The molecule has 3 atom stereocenters. The Kier molecular flexibility index (Phi) is 3.91. The molecule has 1 aliphatic heterocycles. The minimum atomic E-state index is -1.04. The molecular formula is C10H13N5O5. The van der Waals surface area contributed by atoms with Crippen LogP contribution in [0.25, 0.3) is 10.4 Å². The van der Waals surface area contributed by atoms with Gasteiger partial charge in [-0.05, 0) is 12.1 Å². The number of azide groups is 1. The summed E-state index contributed by atoms with van der Waals surface area (Å²) in [5, 5.41) is 21.9. The van der Waals surface area contributed by atoms with E-state index < -0.39 is 29.7 Å². The second-order valence-electron chi connectivity index (χ2n) is 4.43. The molecule has 1 unspecified atom stereocenters. The lowest BCUT2D eigenvalue weighted by atomic mass is 10.2. The van der Waals surface area contributed by atoms with Crippen LogP contribution in [-0.2, 0) is 4.74 Å². The number of nitrogens with zero attached hydrogens (tertiary/aromatic N) is 5. The summed E-state index contributed by atoms with van der Waals surface area (Å²) in [4.78, 5) is 26.2. The third-order valence-corrected chi connectivity index (χ3v) is 3.04. The summed E-state index contributed by atoms with van der Waals surface area (Å²) in [7, 11) is 0. The van der Waals surface area contributed by atoms with Crippen LogP contribution in [-0.4, -0.2) is 38.3 Å². The Hall–Kier alpha value is -2.13. The van der Waals surface area contributed by atoms with Crippen molar-refractivity contribution in [1.82, 2.24) is 9.24 Å². The molecule has 0 spiro atoms. The highest BCUT2D eigenvalue weighted by Gasteiger charge is 2.36. The Labute approximate surface area is 112 Å². The Morgan fingerprint density at radius 2 is 2.30 bits per heavy atom. The van der Waals surface area contributed by atoms with Crippen LogP contribution in [0.3, 0.4) is 0 Å². The summed E-state index contributed by atoms with van der Waals surface area (Å²) >= 11 is 0. The molecule has 1 saturated heterocycles. The average molecular weight is 283 g/mol. The van der Waals surface area contributed by atoms with Crippen molar-refractivity contribution in [2.75, 3.05) is 6.61 Å². The molecule has 0 bridgehead atoms. The summed E-state index contributed by atoms with van der Waals surface area (Å²) < 4.78 is 6.67. The van der Waals surface area contributed by atoms with E-state index in [4.69, 9.17) is 15.4 Å². The van der Waals surface area contributed by atoms with Crippen molar-refractivity contribution in [3.05, 3.63) is 43.0 Å². The smallest absolute Gasteiger partial charge is 0.394 e. The summed E-state index contributed by atoms with van der Waals surface area (Å²) in [5.41, 5.74) is 6.88. The molecule has 10 nitrogen and oxygen atoms in total. The zero-order valence-corrected chi connectivity index (χ0v) is 10.6. The molecule has 2 rings (SSSR count). The Balaban J connectivity index is 2.56.